The molecule has 0 amide bonds. The summed E-state index contributed by atoms with van der Waals surface area (Å²) in [6.45, 7) is 1.61. The Kier molecular flexibility index (Phi) is 3.06. The molecule has 84 valence electrons. The van der Waals surface area contributed by atoms with Gasteiger partial charge < -0.3 is 9.84 Å². The predicted octanol–water partition coefficient (Wildman–Crippen LogP) is 2.94. The third-order valence-corrected chi connectivity index (χ3v) is 1.61. The van der Waals surface area contributed by atoms with Gasteiger partial charge in [-0.15, -0.1) is 0 Å². The van der Waals surface area contributed by atoms with Gasteiger partial charge in [-0.25, -0.2) is 0 Å². The summed E-state index contributed by atoms with van der Waals surface area (Å²) in [7, 11) is 0. The Balaban J connectivity index is 2.90. The molecular formula is C9H8F4O2. The lowest BCUT2D eigenvalue weighted by molar-refractivity contribution is -0.253. The van der Waals surface area contributed by atoms with Crippen LogP contribution in [0.5, 0.6) is 11.5 Å². The van der Waals surface area contributed by atoms with E-state index in [4.69, 9.17) is 5.11 Å². The molecule has 15 heavy (non-hydrogen) atoms. The maximum absolute atomic E-state index is 12.4. The number of hydrogen-bond donors (Lipinski definition) is 1. The summed E-state index contributed by atoms with van der Waals surface area (Å²) in [6.07, 6.45) is -8.55. The fourth-order valence-corrected chi connectivity index (χ4v) is 0.905. The number of alkyl halides is 4. The van der Waals surface area contributed by atoms with Crippen LogP contribution in [0.4, 0.5) is 17.6 Å². The van der Waals surface area contributed by atoms with Crippen molar-refractivity contribution in [2.24, 2.45) is 0 Å². The summed E-state index contributed by atoms with van der Waals surface area (Å²) in [5, 5.41) is 9.13. The van der Waals surface area contributed by atoms with E-state index in [1.54, 1.807) is 6.92 Å². The number of aromatic hydroxyl groups is 1. The van der Waals surface area contributed by atoms with Crippen LogP contribution in [-0.4, -0.2) is 17.6 Å². The van der Waals surface area contributed by atoms with E-state index in [2.05, 4.69) is 4.74 Å². The van der Waals surface area contributed by atoms with Crippen LogP contribution in [0.25, 0.3) is 0 Å². The van der Waals surface area contributed by atoms with Crippen molar-refractivity contribution in [3.05, 3.63) is 23.8 Å². The second kappa shape index (κ2) is 3.96. The molecule has 1 aromatic rings. The molecule has 2 nitrogen and oxygen atoms in total. The lowest BCUT2D eigenvalue weighted by atomic mass is 10.2. The lowest BCUT2D eigenvalue weighted by Crippen LogP contribution is -2.33. The molecule has 0 aliphatic rings. The van der Waals surface area contributed by atoms with Crippen LogP contribution in [0, 0.1) is 6.92 Å². The molecule has 0 aliphatic carbocycles. The Morgan fingerprint density at radius 3 is 2.40 bits per heavy atom. The van der Waals surface area contributed by atoms with Gasteiger partial charge in [0.15, 0.2) is 11.5 Å². The van der Waals surface area contributed by atoms with E-state index in [1.165, 1.54) is 6.07 Å². The summed E-state index contributed by atoms with van der Waals surface area (Å²) in [6, 6.07) is 3.49. The Labute approximate surface area is 83.1 Å². The fourth-order valence-electron chi connectivity index (χ4n) is 0.905. The van der Waals surface area contributed by atoms with Gasteiger partial charge in [0.05, 0.1) is 0 Å². The number of ether oxygens (including phenoxy) is 1. The molecule has 0 spiro atoms. The average Bonchev–Trinajstić information content (AvgIpc) is 2.09. The smallest absolute Gasteiger partial charge is 0.461 e. The van der Waals surface area contributed by atoms with E-state index in [0.717, 1.165) is 12.1 Å². The van der Waals surface area contributed by atoms with Gasteiger partial charge in [0.1, 0.15) is 0 Å². The van der Waals surface area contributed by atoms with Crippen molar-refractivity contribution < 1.29 is 27.4 Å². The second-order valence-electron chi connectivity index (χ2n) is 2.94. The molecule has 0 aliphatic heterocycles. The Hall–Kier alpha value is -1.46. The van der Waals surface area contributed by atoms with Gasteiger partial charge >= 0.3 is 12.5 Å². The zero-order valence-electron chi connectivity index (χ0n) is 7.68. The van der Waals surface area contributed by atoms with Crippen molar-refractivity contribution in [3.63, 3.8) is 0 Å². The van der Waals surface area contributed by atoms with Gasteiger partial charge in [-0.3, -0.25) is 0 Å². The summed E-state index contributed by atoms with van der Waals surface area (Å²) >= 11 is 0. The number of aryl methyl sites for hydroxylation is 1. The molecule has 0 heterocycles. The molecule has 0 fully saturated rings. The summed E-state index contributed by atoms with van der Waals surface area (Å²) < 4.78 is 52.1. The van der Waals surface area contributed by atoms with Gasteiger partial charge in [-0.2, -0.15) is 17.6 Å². The van der Waals surface area contributed by atoms with Crippen LogP contribution in [0.1, 0.15) is 5.56 Å². The molecular weight excluding hydrogens is 216 g/mol. The van der Waals surface area contributed by atoms with Gasteiger partial charge in [0.25, 0.3) is 0 Å². The summed E-state index contributed by atoms with van der Waals surface area (Å²) in [5.41, 5.74) is 0.597. The van der Waals surface area contributed by atoms with Crippen LogP contribution in [-0.2, 0) is 0 Å². The number of phenols is 1. The number of phenolic OH excluding ortho intramolecular Hbond substituents is 1. The monoisotopic (exact) mass is 224 g/mol. The first-order valence-corrected chi connectivity index (χ1v) is 3.97. The van der Waals surface area contributed by atoms with Crippen molar-refractivity contribution in [3.8, 4) is 11.5 Å². The minimum absolute atomic E-state index is 0.597. The molecule has 1 rings (SSSR count). The Morgan fingerprint density at radius 2 is 1.93 bits per heavy atom. The van der Waals surface area contributed by atoms with Crippen molar-refractivity contribution in [2.75, 3.05) is 0 Å². The van der Waals surface area contributed by atoms with Crippen LogP contribution in [0.2, 0.25) is 0 Å². The first-order valence-electron chi connectivity index (χ1n) is 3.97. The van der Waals surface area contributed by atoms with Gasteiger partial charge in [0.2, 0.25) is 0 Å². The van der Waals surface area contributed by atoms with Crippen LogP contribution < -0.4 is 4.74 Å². The highest BCUT2D eigenvalue weighted by atomic mass is 19.3. The second-order valence-corrected chi connectivity index (χ2v) is 2.94. The lowest BCUT2D eigenvalue weighted by Gasteiger charge is -2.17. The van der Waals surface area contributed by atoms with Crippen molar-refractivity contribution >= 4 is 0 Å². The molecule has 1 N–H and O–H groups in total. The van der Waals surface area contributed by atoms with Gasteiger partial charge in [-0.05, 0) is 24.6 Å². The van der Waals surface area contributed by atoms with Crippen LogP contribution in [0.15, 0.2) is 18.2 Å². The van der Waals surface area contributed by atoms with Crippen LogP contribution in [0.3, 0.4) is 0 Å². The average molecular weight is 224 g/mol. The largest absolute Gasteiger partial charge is 0.504 e. The maximum atomic E-state index is 12.4. The number of hydrogen-bond acceptors (Lipinski definition) is 2. The number of halogens is 4. The first kappa shape index (κ1) is 11.6. The van der Waals surface area contributed by atoms with E-state index in [1.807, 2.05) is 0 Å². The van der Waals surface area contributed by atoms with E-state index in [9.17, 15) is 17.6 Å². The van der Waals surface area contributed by atoms with Crippen LogP contribution >= 0.6 is 0 Å². The zero-order chi connectivity index (χ0) is 11.6. The van der Waals surface area contributed by atoms with E-state index in [0.29, 0.717) is 5.56 Å². The molecule has 0 radical (unpaired) electrons. The number of benzene rings is 1. The molecule has 0 unspecified atom stereocenters. The first-order chi connectivity index (χ1) is 6.83. The quantitative estimate of drug-likeness (QED) is 0.800. The highest BCUT2D eigenvalue weighted by Gasteiger charge is 2.44. The third-order valence-electron chi connectivity index (χ3n) is 1.61. The van der Waals surface area contributed by atoms with E-state index in [-0.39, 0.29) is 0 Å². The molecule has 0 saturated carbocycles. The number of rotatable bonds is 3. The zero-order valence-corrected chi connectivity index (χ0v) is 7.68. The molecule has 0 saturated heterocycles. The third kappa shape index (κ3) is 2.74. The minimum atomic E-state index is -4.60. The van der Waals surface area contributed by atoms with E-state index < -0.39 is 24.0 Å². The highest BCUT2D eigenvalue weighted by Crippen LogP contribution is 2.33. The van der Waals surface area contributed by atoms with Crippen molar-refractivity contribution in [2.45, 2.75) is 19.5 Å². The topological polar surface area (TPSA) is 29.5 Å². The molecule has 0 atom stereocenters. The Bertz CT molecular complexity index is 352. The molecule has 0 bridgehead atoms. The maximum Gasteiger partial charge on any atom is 0.461 e. The summed E-state index contributed by atoms with van der Waals surface area (Å²) in [5.74, 6) is -1.28. The molecule has 1 aromatic carbocycles. The Morgan fingerprint density at radius 1 is 1.33 bits per heavy atom. The standard InChI is InChI=1S/C9H8F4O2/c1-5-2-3-7(6(14)4-5)15-9(12,13)8(10)11/h2-4,8,14H,1H3. The fraction of sp³-hybridized carbons (Fsp3) is 0.333. The van der Waals surface area contributed by atoms with E-state index >= 15 is 0 Å². The van der Waals surface area contributed by atoms with Crippen molar-refractivity contribution in [1.82, 2.24) is 0 Å². The SMILES string of the molecule is Cc1ccc(OC(F)(F)C(F)F)c(O)c1. The molecule has 6 heteroatoms. The summed E-state index contributed by atoms with van der Waals surface area (Å²) in [4.78, 5) is 0. The minimum Gasteiger partial charge on any atom is -0.504 e. The van der Waals surface area contributed by atoms with Gasteiger partial charge in [-0.1, -0.05) is 6.07 Å². The van der Waals surface area contributed by atoms with Gasteiger partial charge in [0, 0.05) is 0 Å². The highest BCUT2D eigenvalue weighted by molar-refractivity contribution is 5.41. The molecule has 0 aromatic heterocycles. The predicted molar refractivity (Wildman–Crippen MR) is 44.4 cm³/mol. The normalized spacial score (nSPS) is 11.9. The van der Waals surface area contributed by atoms with Crippen molar-refractivity contribution in [1.29, 1.82) is 0 Å².